The molecule has 0 radical (unpaired) electrons. The van der Waals surface area contributed by atoms with E-state index in [0.29, 0.717) is 0 Å². The monoisotopic (exact) mass is 262 g/mol. The zero-order chi connectivity index (χ0) is 13.7. The van der Waals surface area contributed by atoms with E-state index in [2.05, 4.69) is 0 Å². The summed E-state index contributed by atoms with van der Waals surface area (Å²) in [5.41, 5.74) is 0.815. The van der Waals surface area contributed by atoms with Gasteiger partial charge in [-0.3, -0.25) is 4.79 Å². The summed E-state index contributed by atoms with van der Waals surface area (Å²) in [6, 6.07) is 15.3. The summed E-state index contributed by atoms with van der Waals surface area (Å²) in [7, 11) is 0. The van der Waals surface area contributed by atoms with Crippen LogP contribution in [0.3, 0.4) is 0 Å². The summed E-state index contributed by atoms with van der Waals surface area (Å²) in [6.07, 6.45) is -3.03. The van der Waals surface area contributed by atoms with Crippen LogP contribution in [0.1, 0.15) is 15.9 Å². The minimum Gasteiger partial charge on any atom is -0.488 e. The molecule has 0 atom stereocenters. The van der Waals surface area contributed by atoms with Gasteiger partial charge in [0.2, 0.25) is 5.78 Å². The zero-order valence-corrected chi connectivity index (χ0v) is 10.1. The number of hydrogen-bond acceptors (Lipinski definition) is 2. The molecule has 0 amide bonds. The van der Waals surface area contributed by atoms with Gasteiger partial charge in [-0.2, -0.15) is 0 Å². The molecule has 0 fully saturated rings. The van der Waals surface area contributed by atoms with Gasteiger partial charge < -0.3 is 4.74 Å². The van der Waals surface area contributed by atoms with E-state index in [9.17, 15) is 13.6 Å². The van der Waals surface area contributed by atoms with E-state index in [1.54, 1.807) is 6.07 Å². The van der Waals surface area contributed by atoms with Crippen molar-refractivity contribution in [1.82, 2.24) is 0 Å². The van der Waals surface area contributed by atoms with Gasteiger partial charge in [0.1, 0.15) is 12.4 Å². The molecule has 2 rings (SSSR count). The van der Waals surface area contributed by atoms with Gasteiger partial charge in [-0.1, -0.05) is 42.5 Å². The van der Waals surface area contributed by atoms with Gasteiger partial charge in [0.15, 0.2) is 0 Å². The lowest BCUT2D eigenvalue weighted by Gasteiger charge is -2.10. The smallest absolute Gasteiger partial charge is 0.300 e. The Bertz CT molecular complexity index is 553. The van der Waals surface area contributed by atoms with Gasteiger partial charge >= 0.3 is 6.43 Å². The third kappa shape index (κ3) is 3.37. The number of ketones is 1. The standard InChI is InChI=1S/C15H12F2O2/c16-15(17)14(18)12-8-4-5-9-13(12)19-10-11-6-2-1-3-7-11/h1-9,15H,10H2. The first-order valence-corrected chi connectivity index (χ1v) is 5.76. The largest absolute Gasteiger partial charge is 0.488 e. The molecule has 0 bridgehead atoms. The fraction of sp³-hybridized carbons (Fsp3) is 0.133. The Morgan fingerprint density at radius 3 is 2.32 bits per heavy atom. The number of hydrogen-bond donors (Lipinski definition) is 0. The number of carbonyl (C=O) groups excluding carboxylic acids is 1. The van der Waals surface area contributed by atoms with Gasteiger partial charge in [-0.05, 0) is 17.7 Å². The summed E-state index contributed by atoms with van der Waals surface area (Å²) in [6.45, 7) is 0.231. The fourth-order valence-corrected chi connectivity index (χ4v) is 1.65. The lowest BCUT2D eigenvalue weighted by molar-refractivity contribution is 0.0674. The molecule has 0 N–H and O–H groups in total. The molecule has 0 aliphatic heterocycles. The van der Waals surface area contributed by atoms with Crippen LogP contribution in [0, 0.1) is 0 Å². The van der Waals surface area contributed by atoms with Crippen molar-refractivity contribution >= 4 is 5.78 Å². The lowest BCUT2D eigenvalue weighted by Crippen LogP contribution is -2.12. The Labute approximate surface area is 109 Å². The molecule has 19 heavy (non-hydrogen) atoms. The Hall–Kier alpha value is -2.23. The molecular weight excluding hydrogens is 250 g/mol. The van der Waals surface area contributed by atoms with Crippen molar-refractivity contribution in [3.8, 4) is 5.75 Å². The van der Waals surface area contributed by atoms with E-state index < -0.39 is 12.2 Å². The van der Waals surface area contributed by atoms with Crippen molar-refractivity contribution in [3.05, 3.63) is 65.7 Å². The Morgan fingerprint density at radius 1 is 1.00 bits per heavy atom. The van der Waals surface area contributed by atoms with E-state index in [1.165, 1.54) is 18.2 Å². The maximum absolute atomic E-state index is 12.5. The first-order valence-electron chi connectivity index (χ1n) is 5.76. The van der Waals surface area contributed by atoms with Crippen molar-refractivity contribution < 1.29 is 18.3 Å². The van der Waals surface area contributed by atoms with E-state index in [-0.39, 0.29) is 17.9 Å². The summed E-state index contributed by atoms with van der Waals surface area (Å²) in [5, 5.41) is 0. The maximum atomic E-state index is 12.5. The molecule has 2 nitrogen and oxygen atoms in total. The Balaban J connectivity index is 2.14. The number of rotatable bonds is 5. The number of para-hydroxylation sites is 1. The van der Waals surface area contributed by atoms with Crippen LogP contribution in [-0.4, -0.2) is 12.2 Å². The first kappa shape index (κ1) is 13.2. The van der Waals surface area contributed by atoms with Gasteiger partial charge in [0, 0.05) is 0 Å². The summed E-state index contributed by atoms with van der Waals surface area (Å²) >= 11 is 0. The predicted molar refractivity (Wildman–Crippen MR) is 67.6 cm³/mol. The fourth-order valence-electron chi connectivity index (χ4n) is 1.65. The molecular formula is C15H12F2O2. The normalized spacial score (nSPS) is 10.5. The quantitative estimate of drug-likeness (QED) is 0.768. The third-order valence-electron chi connectivity index (χ3n) is 2.59. The van der Waals surface area contributed by atoms with Crippen molar-refractivity contribution in [2.75, 3.05) is 0 Å². The zero-order valence-electron chi connectivity index (χ0n) is 10.1. The minimum absolute atomic E-state index is 0.0894. The van der Waals surface area contributed by atoms with Crippen molar-refractivity contribution in [2.24, 2.45) is 0 Å². The second kappa shape index (κ2) is 6.09. The molecule has 98 valence electrons. The van der Waals surface area contributed by atoms with E-state index in [0.717, 1.165) is 5.56 Å². The third-order valence-corrected chi connectivity index (χ3v) is 2.59. The molecule has 0 aliphatic carbocycles. The highest BCUT2D eigenvalue weighted by Crippen LogP contribution is 2.22. The lowest BCUT2D eigenvalue weighted by atomic mass is 10.1. The highest BCUT2D eigenvalue weighted by Gasteiger charge is 2.21. The van der Waals surface area contributed by atoms with Crippen LogP contribution in [0.25, 0.3) is 0 Å². The number of ether oxygens (including phenoxy) is 1. The first-order chi connectivity index (χ1) is 9.18. The van der Waals surface area contributed by atoms with Crippen molar-refractivity contribution in [1.29, 1.82) is 0 Å². The molecule has 2 aromatic carbocycles. The van der Waals surface area contributed by atoms with Gasteiger partial charge in [0.05, 0.1) is 5.56 Å². The molecule has 0 spiro atoms. The van der Waals surface area contributed by atoms with Crippen LogP contribution in [0.2, 0.25) is 0 Å². The molecule has 0 saturated heterocycles. The van der Waals surface area contributed by atoms with Crippen LogP contribution in [0.5, 0.6) is 5.75 Å². The highest BCUT2D eigenvalue weighted by molar-refractivity contribution is 6.00. The van der Waals surface area contributed by atoms with Crippen LogP contribution in [0.4, 0.5) is 8.78 Å². The number of carbonyl (C=O) groups is 1. The molecule has 0 heterocycles. The summed E-state index contributed by atoms with van der Waals surface area (Å²) < 4.78 is 30.3. The molecule has 0 aromatic heterocycles. The van der Waals surface area contributed by atoms with E-state index in [1.807, 2.05) is 30.3 Å². The van der Waals surface area contributed by atoms with Crippen molar-refractivity contribution in [3.63, 3.8) is 0 Å². The molecule has 2 aromatic rings. The SMILES string of the molecule is O=C(c1ccccc1OCc1ccccc1)C(F)F. The second-order valence-corrected chi connectivity index (χ2v) is 3.94. The maximum Gasteiger partial charge on any atom is 0.300 e. The second-order valence-electron chi connectivity index (χ2n) is 3.94. The molecule has 4 heteroatoms. The van der Waals surface area contributed by atoms with E-state index in [4.69, 9.17) is 4.74 Å². The van der Waals surface area contributed by atoms with Crippen LogP contribution < -0.4 is 4.74 Å². The van der Waals surface area contributed by atoms with Crippen LogP contribution in [0.15, 0.2) is 54.6 Å². The van der Waals surface area contributed by atoms with Gasteiger partial charge in [0.25, 0.3) is 0 Å². The minimum atomic E-state index is -3.03. The van der Waals surface area contributed by atoms with Crippen molar-refractivity contribution in [2.45, 2.75) is 13.0 Å². The summed E-state index contributed by atoms with van der Waals surface area (Å²) in [4.78, 5) is 11.3. The number of alkyl halides is 2. The topological polar surface area (TPSA) is 26.3 Å². The summed E-state index contributed by atoms with van der Waals surface area (Å²) in [5.74, 6) is -1.04. The molecule has 0 unspecified atom stereocenters. The number of Topliss-reactive ketones (excluding diaryl/α,β-unsaturated/α-hetero) is 1. The average Bonchev–Trinajstić information content (AvgIpc) is 2.45. The van der Waals surface area contributed by atoms with E-state index >= 15 is 0 Å². The predicted octanol–water partition coefficient (Wildman–Crippen LogP) is 3.71. The van der Waals surface area contributed by atoms with Gasteiger partial charge in [-0.15, -0.1) is 0 Å². The number of benzene rings is 2. The van der Waals surface area contributed by atoms with Crippen LogP contribution >= 0.6 is 0 Å². The highest BCUT2D eigenvalue weighted by atomic mass is 19.3. The molecule has 0 saturated carbocycles. The molecule has 0 aliphatic rings. The number of halogens is 2. The van der Waals surface area contributed by atoms with Crippen LogP contribution in [-0.2, 0) is 6.61 Å². The Kier molecular flexibility index (Phi) is 4.23. The average molecular weight is 262 g/mol. The van der Waals surface area contributed by atoms with Gasteiger partial charge in [-0.25, -0.2) is 8.78 Å². The Morgan fingerprint density at radius 2 is 1.63 bits per heavy atom.